The average Bonchev–Trinajstić information content (AvgIpc) is 1.41. The molecule has 0 aliphatic heterocycles. The Morgan fingerprint density at radius 3 is 2.17 bits per heavy atom. The maximum absolute atomic E-state index is 9.31. The van der Waals surface area contributed by atoms with Crippen LogP contribution in [0.4, 0.5) is 0 Å². The van der Waals surface area contributed by atoms with Crippen LogP contribution in [0.5, 0.6) is 0 Å². The normalized spacial score (nSPS) is 5.33. The third kappa shape index (κ3) is 8.82. The average molecular weight is 93.1 g/mol. The molecule has 2 nitrogen and oxygen atoms in total. The summed E-state index contributed by atoms with van der Waals surface area (Å²) in [4.78, 5) is 0. The summed E-state index contributed by atoms with van der Waals surface area (Å²) in [5, 5.41) is 16.9. The van der Waals surface area contributed by atoms with Crippen molar-refractivity contribution >= 4 is 0 Å². The molecule has 0 heterocycles. The van der Waals surface area contributed by atoms with E-state index in [1.165, 1.54) is 0 Å². The molecule has 0 atom stereocenters. The first-order valence-electron chi connectivity index (χ1n) is 1.37. The van der Waals surface area contributed by atoms with Gasteiger partial charge >= 0.3 is 29.6 Å². The minimum atomic E-state index is -0.267. The van der Waals surface area contributed by atoms with Gasteiger partial charge in [0.2, 0.25) is 0 Å². The summed E-state index contributed by atoms with van der Waals surface area (Å²) >= 11 is 0. The molecule has 0 unspecified atom stereocenters. The van der Waals surface area contributed by atoms with Gasteiger partial charge in [-0.15, -0.1) is 6.61 Å². The molecule has 0 aliphatic carbocycles. The Morgan fingerprint density at radius 2 is 2.17 bits per heavy atom. The predicted molar refractivity (Wildman–Crippen MR) is 15.1 cm³/mol. The molecule has 0 saturated heterocycles. The van der Waals surface area contributed by atoms with Gasteiger partial charge in [0, 0.05) is 6.42 Å². The zero-order chi connectivity index (χ0) is 4.12. The molecule has 0 aromatic heterocycles. The SMILES string of the molecule is N#CCC[O-].[Na+]. The zero-order valence-corrected chi connectivity index (χ0v) is 5.77. The maximum Gasteiger partial charge on any atom is 1.00 e. The van der Waals surface area contributed by atoms with Gasteiger partial charge in [0.15, 0.2) is 0 Å². The Balaban J connectivity index is 0. The van der Waals surface area contributed by atoms with Crippen LogP contribution < -0.4 is 34.7 Å². The topological polar surface area (TPSA) is 46.8 Å². The zero-order valence-electron chi connectivity index (χ0n) is 3.77. The van der Waals surface area contributed by atoms with Crippen molar-refractivity contribution in [3.63, 3.8) is 0 Å². The summed E-state index contributed by atoms with van der Waals surface area (Å²) in [7, 11) is 0. The summed E-state index contributed by atoms with van der Waals surface area (Å²) in [6.07, 6.45) is 0.139. The fraction of sp³-hybridized carbons (Fsp3) is 0.667. The van der Waals surface area contributed by atoms with Gasteiger partial charge < -0.3 is 5.11 Å². The first-order valence-corrected chi connectivity index (χ1v) is 1.37. The summed E-state index contributed by atoms with van der Waals surface area (Å²) in [6, 6.07) is 1.70. The van der Waals surface area contributed by atoms with Crippen molar-refractivity contribution in [3.05, 3.63) is 0 Å². The Hall–Kier alpha value is 0.450. The van der Waals surface area contributed by atoms with Gasteiger partial charge in [-0.25, -0.2) is 0 Å². The molecule has 0 N–H and O–H groups in total. The molecule has 0 radical (unpaired) electrons. The molecule has 6 heavy (non-hydrogen) atoms. The van der Waals surface area contributed by atoms with Crippen molar-refractivity contribution in [2.75, 3.05) is 6.61 Å². The van der Waals surface area contributed by atoms with E-state index in [2.05, 4.69) is 0 Å². The molecule has 0 fully saturated rings. The Kier molecular flexibility index (Phi) is 14.6. The number of rotatable bonds is 1. The Morgan fingerprint density at radius 1 is 1.67 bits per heavy atom. The molecule has 28 valence electrons. The van der Waals surface area contributed by atoms with Gasteiger partial charge in [0.25, 0.3) is 0 Å². The van der Waals surface area contributed by atoms with Gasteiger partial charge in [-0.3, -0.25) is 0 Å². The van der Waals surface area contributed by atoms with Crippen molar-refractivity contribution in [3.8, 4) is 6.07 Å². The van der Waals surface area contributed by atoms with Crippen LogP contribution in [0.1, 0.15) is 6.42 Å². The van der Waals surface area contributed by atoms with Gasteiger partial charge in [-0.05, 0) is 0 Å². The van der Waals surface area contributed by atoms with Gasteiger partial charge in [-0.1, -0.05) is 0 Å². The van der Waals surface area contributed by atoms with Crippen LogP contribution in [0.3, 0.4) is 0 Å². The van der Waals surface area contributed by atoms with Gasteiger partial charge in [0.1, 0.15) is 0 Å². The summed E-state index contributed by atoms with van der Waals surface area (Å²) in [5.74, 6) is 0. The van der Waals surface area contributed by atoms with Crippen LogP contribution in [0.2, 0.25) is 0 Å². The number of hydrogen-bond donors (Lipinski definition) is 0. The van der Waals surface area contributed by atoms with Crippen LogP contribution in [0.25, 0.3) is 0 Å². The molecule has 0 aromatic rings. The second kappa shape index (κ2) is 9.07. The van der Waals surface area contributed by atoms with Crippen molar-refractivity contribution in [2.24, 2.45) is 0 Å². The van der Waals surface area contributed by atoms with E-state index in [1.54, 1.807) is 6.07 Å². The molecular weight excluding hydrogens is 89.0 g/mol. The van der Waals surface area contributed by atoms with Gasteiger partial charge in [0.05, 0.1) is 6.07 Å². The first-order chi connectivity index (χ1) is 2.41. The fourth-order valence-corrected chi connectivity index (χ4v) is 0.0456. The monoisotopic (exact) mass is 93.0 g/mol. The van der Waals surface area contributed by atoms with E-state index in [0.717, 1.165) is 0 Å². The third-order valence-electron chi connectivity index (χ3n) is 0.214. The molecule has 0 aliphatic rings. The van der Waals surface area contributed by atoms with Crippen LogP contribution in [0.15, 0.2) is 0 Å². The Bertz CT molecular complexity index is 49.2. The second-order valence-corrected chi connectivity index (χ2v) is 0.612. The van der Waals surface area contributed by atoms with E-state index in [-0.39, 0.29) is 42.6 Å². The van der Waals surface area contributed by atoms with Crippen molar-refractivity contribution < 1.29 is 34.7 Å². The van der Waals surface area contributed by atoms with Crippen LogP contribution in [-0.4, -0.2) is 6.61 Å². The molecule has 0 saturated carbocycles. The van der Waals surface area contributed by atoms with Crippen LogP contribution >= 0.6 is 0 Å². The molecule has 0 aromatic carbocycles. The smallest absolute Gasteiger partial charge is 0.854 e. The van der Waals surface area contributed by atoms with Crippen LogP contribution in [0, 0.1) is 11.3 Å². The molecule has 3 heteroatoms. The predicted octanol–water partition coefficient (Wildman–Crippen LogP) is -3.74. The summed E-state index contributed by atoms with van der Waals surface area (Å²) in [5.41, 5.74) is 0. The van der Waals surface area contributed by atoms with Crippen LogP contribution in [-0.2, 0) is 0 Å². The fourth-order valence-electron chi connectivity index (χ4n) is 0.0456. The largest absolute Gasteiger partial charge is 1.00 e. The van der Waals surface area contributed by atoms with Crippen molar-refractivity contribution in [2.45, 2.75) is 6.42 Å². The van der Waals surface area contributed by atoms with E-state index in [4.69, 9.17) is 5.26 Å². The molecule has 0 spiro atoms. The second-order valence-electron chi connectivity index (χ2n) is 0.612. The third-order valence-corrected chi connectivity index (χ3v) is 0.214. The van der Waals surface area contributed by atoms with E-state index in [0.29, 0.717) is 0 Å². The standard InChI is InChI=1S/C3H4NO.Na/c4-2-1-3-5;/h1,3H2;/q-1;+1. The molecule has 0 amide bonds. The van der Waals surface area contributed by atoms with E-state index < -0.39 is 0 Å². The first kappa shape index (κ1) is 9.67. The van der Waals surface area contributed by atoms with E-state index in [9.17, 15) is 5.11 Å². The van der Waals surface area contributed by atoms with Gasteiger partial charge in [-0.2, -0.15) is 5.26 Å². The molecule has 0 bridgehead atoms. The van der Waals surface area contributed by atoms with Crippen molar-refractivity contribution in [1.29, 1.82) is 5.26 Å². The maximum atomic E-state index is 9.31. The minimum absolute atomic E-state index is 0. The summed E-state index contributed by atoms with van der Waals surface area (Å²) < 4.78 is 0. The van der Waals surface area contributed by atoms with E-state index in [1.807, 2.05) is 0 Å². The number of hydrogen-bond acceptors (Lipinski definition) is 2. The van der Waals surface area contributed by atoms with E-state index >= 15 is 0 Å². The molecular formula is C3H4NNaO. The Labute approximate surface area is 59.1 Å². The van der Waals surface area contributed by atoms with Crippen molar-refractivity contribution in [1.82, 2.24) is 0 Å². The summed E-state index contributed by atoms with van der Waals surface area (Å²) in [6.45, 7) is -0.267. The minimum Gasteiger partial charge on any atom is -0.854 e. The number of nitriles is 1. The number of nitrogens with zero attached hydrogens (tertiary/aromatic N) is 1. The quantitative estimate of drug-likeness (QED) is 0.313. The molecule has 0 rings (SSSR count).